The molecule has 2 rings (SSSR count). The number of carboxylic acids is 1. The Kier molecular flexibility index (Phi) is 4.14. The molecule has 0 radical (unpaired) electrons. The van der Waals surface area contributed by atoms with Gasteiger partial charge in [-0.3, -0.25) is 4.79 Å². The third kappa shape index (κ3) is 2.91. The summed E-state index contributed by atoms with van der Waals surface area (Å²) in [7, 11) is 0. The molecule has 1 N–H and O–H groups in total. The summed E-state index contributed by atoms with van der Waals surface area (Å²) in [5.74, 6) is 0.713. The Balaban J connectivity index is 2.12. The normalized spacial score (nSPS) is 19.5. The van der Waals surface area contributed by atoms with E-state index in [1.165, 1.54) is 4.90 Å². The molecule has 104 valence electrons. The fourth-order valence-corrected chi connectivity index (χ4v) is 3.15. The van der Waals surface area contributed by atoms with E-state index in [2.05, 4.69) is 5.16 Å². The zero-order valence-corrected chi connectivity index (χ0v) is 11.7. The SMILES string of the molecule is Cc1noc(C)c1CC(=O)N1CCSCC1C(=O)O. The van der Waals surface area contributed by atoms with E-state index in [-0.39, 0.29) is 12.3 Å². The number of hydrogen-bond acceptors (Lipinski definition) is 5. The number of aryl methyl sites for hydroxylation is 2. The maximum Gasteiger partial charge on any atom is 0.327 e. The van der Waals surface area contributed by atoms with Gasteiger partial charge in [-0.2, -0.15) is 11.8 Å². The Hall–Kier alpha value is -1.50. The summed E-state index contributed by atoms with van der Waals surface area (Å²) in [6.45, 7) is 4.01. The highest BCUT2D eigenvalue weighted by Gasteiger charge is 2.32. The molecule has 0 saturated carbocycles. The molecule has 1 aromatic heterocycles. The van der Waals surface area contributed by atoms with E-state index in [4.69, 9.17) is 9.63 Å². The molecule has 1 aliphatic heterocycles. The van der Waals surface area contributed by atoms with Crippen molar-refractivity contribution in [3.8, 4) is 0 Å². The van der Waals surface area contributed by atoms with Crippen LogP contribution < -0.4 is 0 Å². The Labute approximate surface area is 115 Å². The summed E-state index contributed by atoms with van der Waals surface area (Å²) in [6.07, 6.45) is 0.148. The predicted molar refractivity (Wildman–Crippen MR) is 70.1 cm³/mol. The Morgan fingerprint density at radius 3 is 2.84 bits per heavy atom. The van der Waals surface area contributed by atoms with Gasteiger partial charge in [0.15, 0.2) is 0 Å². The lowest BCUT2D eigenvalue weighted by Gasteiger charge is -2.32. The van der Waals surface area contributed by atoms with Crippen LogP contribution in [0.1, 0.15) is 17.0 Å². The van der Waals surface area contributed by atoms with Crippen LogP contribution in [0.3, 0.4) is 0 Å². The minimum atomic E-state index is -0.945. The van der Waals surface area contributed by atoms with Crippen molar-refractivity contribution in [2.45, 2.75) is 26.3 Å². The summed E-state index contributed by atoms with van der Waals surface area (Å²) in [5.41, 5.74) is 1.44. The second kappa shape index (κ2) is 5.64. The Morgan fingerprint density at radius 1 is 1.53 bits per heavy atom. The highest BCUT2D eigenvalue weighted by molar-refractivity contribution is 7.99. The molecular formula is C12H16N2O4S. The lowest BCUT2D eigenvalue weighted by atomic mass is 10.1. The fraction of sp³-hybridized carbons (Fsp3) is 0.583. The van der Waals surface area contributed by atoms with E-state index in [1.807, 2.05) is 0 Å². The van der Waals surface area contributed by atoms with Crippen molar-refractivity contribution in [3.63, 3.8) is 0 Å². The van der Waals surface area contributed by atoms with Crippen molar-refractivity contribution in [1.29, 1.82) is 0 Å². The van der Waals surface area contributed by atoms with Gasteiger partial charge in [0.1, 0.15) is 11.8 Å². The average Bonchev–Trinajstić information content (AvgIpc) is 2.70. The van der Waals surface area contributed by atoms with E-state index in [1.54, 1.807) is 25.6 Å². The molecule has 0 bridgehead atoms. The molecule has 1 atom stereocenters. The van der Waals surface area contributed by atoms with E-state index >= 15 is 0 Å². The first-order valence-electron chi connectivity index (χ1n) is 6.02. The summed E-state index contributed by atoms with van der Waals surface area (Å²) < 4.78 is 5.02. The number of hydrogen-bond donors (Lipinski definition) is 1. The van der Waals surface area contributed by atoms with Gasteiger partial charge in [0, 0.05) is 23.6 Å². The van der Waals surface area contributed by atoms with Gasteiger partial charge >= 0.3 is 5.97 Å². The molecule has 1 fully saturated rings. The molecule has 0 aromatic carbocycles. The monoisotopic (exact) mass is 284 g/mol. The van der Waals surface area contributed by atoms with Crippen LogP contribution in [0, 0.1) is 13.8 Å². The number of carbonyl (C=O) groups excluding carboxylic acids is 1. The lowest BCUT2D eigenvalue weighted by molar-refractivity contribution is -0.149. The molecule has 2 heterocycles. The third-order valence-corrected chi connectivity index (χ3v) is 4.27. The van der Waals surface area contributed by atoms with Gasteiger partial charge in [-0.15, -0.1) is 0 Å². The Bertz CT molecular complexity index is 480. The van der Waals surface area contributed by atoms with Gasteiger partial charge in [0.2, 0.25) is 5.91 Å². The largest absolute Gasteiger partial charge is 0.480 e. The van der Waals surface area contributed by atoms with E-state index in [0.29, 0.717) is 23.8 Å². The van der Waals surface area contributed by atoms with Crippen molar-refractivity contribution in [2.75, 3.05) is 18.1 Å². The maximum absolute atomic E-state index is 12.3. The maximum atomic E-state index is 12.3. The molecule has 1 amide bonds. The summed E-state index contributed by atoms with van der Waals surface area (Å²) in [6, 6.07) is -0.730. The Morgan fingerprint density at radius 2 is 2.26 bits per heavy atom. The van der Waals surface area contributed by atoms with Gasteiger partial charge in [-0.1, -0.05) is 5.16 Å². The third-order valence-electron chi connectivity index (χ3n) is 3.24. The molecule has 1 aromatic rings. The smallest absolute Gasteiger partial charge is 0.327 e. The second-order valence-electron chi connectivity index (χ2n) is 4.50. The molecule has 1 saturated heterocycles. The highest BCUT2D eigenvalue weighted by atomic mass is 32.2. The number of aliphatic carboxylic acids is 1. The first kappa shape index (κ1) is 13.9. The van der Waals surface area contributed by atoms with Crippen LogP contribution in [0.15, 0.2) is 4.52 Å². The van der Waals surface area contributed by atoms with Gasteiger partial charge in [-0.05, 0) is 13.8 Å². The summed E-state index contributed by atoms with van der Waals surface area (Å²) in [4.78, 5) is 24.9. The number of carbonyl (C=O) groups is 2. The van der Waals surface area contributed by atoms with Crippen LogP contribution in [0.5, 0.6) is 0 Å². The van der Waals surface area contributed by atoms with Crippen LogP contribution in [0.2, 0.25) is 0 Å². The lowest BCUT2D eigenvalue weighted by Crippen LogP contribution is -2.50. The van der Waals surface area contributed by atoms with Crippen molar-refractivity contribution in [3.05, 3.63) is 17.0 Å². The van der Waals surface area contributed by atoms with E-state index < -0.39 is 12.0 Å². The molecule has 0 aliphatic carbocycles. The fourth-order valence-electron chi connectivity index (χ4n) is 2.11. The number of aromatic nitrogens is 1. The molecule has 1 unspecified atom stereocenters. The van der Waals surface area contributed by atoms with Crippen molar-refractivity contribution in [2.24, 2.45) is 0 Å². The van der Waals surface area contributed by atoms with Crippen molar-refractivity contribution >= 4 is 23.6 Å². The first-order valence-corrected chi connectivity index (χ1v) is 7.18. The molecule has 7 heteroatoms. The van der Waals surface area contributed by atoms with E-state index in [9.17, 15) is 9.59 Å². The molecule has 6 nitrogen and oxygen atoms in total. The van der Waals surface area contributed by atoms with Gasteiger partial charge in [0.25, 0.3) is 0 Å². The minimum absolute atomic E-state index is 0.148. The van der Waals surface area contributed by atoms with Crippen molar-refractivity contribution < 1.29 is 19.2 Å². The minimum Gasteiger partial charge on any atom is -0.480 e. The van der Waals surface area contributed by atoms with Crippen LogP contribution in [-0.4, -0.2) is 51.1 Å². The van der Waals surface area contributed by atoms with Crippen LogP contribution >= 0.6 is 11.8 Å². The van der Waals surface area contributed by atoms with Crippen LogP contribution in [0.25, 0.3) is 0 Å². The number of rotatable bonds is 3. The number of thioether (sulfide) groups is 1. The number of nitrogens with zero attached hydrogens (tertiary/aromatic N) is 2. The van der Waals surface area contributed by atoms with Crippen LogP contribution in [-0.2, 0) is 16.0 Å². The zero-order valence-electron chi connectivity index (χ0n) is 10.9. The number of amides is 1. The van der Waals surface area contributed by atoms with Gasteiger partial charge in [-0.25, -0.2) is 4.79 Å². The van der Waals surface area contributed by atoms with Crippen LogP contribution in [0.4, 0.5) is 0 Å². The van der Waals surface area contributed by atoms with Gasteiger partial charge in [0.05, 0.1) is 12.1 Å². The predicted octanol–water partition coefficient (Wildman–Crippen LogP) is 0.863. The highest BCUT2D eigenvalue weighted by Crippen LogP contribution is 2.20. The summed E-state index contributed by atoms with van der Waals surface area (Å²) in [5, 5.41) is 13.0. The number of carboxylic acid groups (broad SMARTS) is 1. The molecule has 19 heavy (non-hydrogen) atoms. The second-order valence-corrected chi connectivity index (χ2v) is 5.65. The summed E-state index contributed by atoms with van der Waals surface area (Å²) >= 11 is 1.56. The van der Waals surface area contributed by atoms with Crippen molar-refractivity contribution in [1.82, 2.24) is 10.1 Å². The topological polar surface area (TPSA) is 83.6 Å². The average molecular weight is 284 g/mol. The molecule has 0 spiro atoms. The molecule has 1 aliphatic rings. The zero-order chi connectivity index (χ0) is 14.0. The standard InChI is InChI=1S/C12H16N2O4S/c1-7-9(8(2)18-13-7)5-11(15)14-3-4-19-6-10(14)12(16)17/h10H,3-6H2,1-2H3,(H,16,17). The first-order chi connectivity index (χ1) is 9.00. The van der Waals surface area contributed by atoms with E-state index in [0.717, 1.165) is 11.3 Å². The van der Waals surface area contributed by atoms with Gasteiger partial charge < -0.3 is 14.5 Å². The quantitative estimate of drug-likeness (QED) is 0.886. The molecular weight excluding hydrogens is 268 g/mol.